The van der Waals surface area contributed by atoms with Crippen LogP contribution in [0.15, 0.2) is 79.0 Å². The lowest BCUT2D eigenvalue weighted by atomic mass is 10.1. The van der Waals surface area contributed by atoms with E-state index in [4.69, 9.17) is 10.2 Å². The number of nitrogens with zero attached hydrogens (tertiary/aromatic N) is 2. The number of benzene rings is 3. The molecule has 178 valence electrons. The third-order valence-electron chi connectivity index (χ3n) is 4.85. The van der Waals surface area contributed by atoms with Gasteiger partial charge in [-0.25, -0.2) is 19.1 Å². The van der Waals surface area contributed by atoms with Gasteiger partial charge in [0, 0.05) is 11.9 Å². The molecule has 0 aliphatic heterocycles. The summed E-state index contributed by atoms with van der Waals surface area (Å²) in [6, 6.07) is 21.1. The van der Waals surface area contributed by atoms with Gasteiger partial charge in [0.2, 0.25) is 0 Å². The third-order valence-corrected chi connectivity index (χ3v) is 4.85. The first-order valence-electron chi connectivity index (χ1n) is 10.4. The molecular weight excluding hydrogens is 450 g/mol. The van der Waals surface area contributed by atoms with E-state index in [0.29, 0.717) is 11.4 Å². The van der Waals surface area contributed by atoms with Crippen molar-refractivity contribution in [3.05, 3.63) is 107 Å². The number of hydrogen-bond donors (Lipinski definition) is 4. The van der Waals surface area contributed by atoms with Crippen molar-refractivity contribution >= 4 is 29.4 Å². The van der Waals surface area contributed by atoms with E-state index >= 15 is 0 Å². The Hall–Kier alpha value is -4.92. The monoisotopic (exact) mass is 473 g/mol. The molecule has 0 fully saturated rings. The second-order valence-electron chi connectivity index (χ2n) is 7.67. The number of hydrogen-bond acceptors (Lipinski definition) is 5. The SMILES string of the molecule is Cc1cc(C(=O)O)cc(C(=O)O)c1.Cc1ccc(Nc2nn(-c3ccccc3)cc2C(=O)O)cc1. The number of aromatic nitrogens is 2. The van der Waals surface area contributed by atoms with Crippen LogP contribution in [0.5, 0.6) is 0 Å². The molecule has 4 N–H and O–H groups in total. The predicted octanol–water partition coefficient (Wildman–Crippen LogP) is 5.01. The van der Waals surface area contributed by atoms with Crippen molar-refractivity contribution in [1.82, 2.24) is 9.78 Å². The maximum absolute atomic E-state index is 11.4. The molecule has 0 bridgehead atoms. The highest BCUT2D eigenvalue weighted by atomic mass is 16.4. The first kappa shape index (κ1) is 24.7. The Kier molecular flexibility index (Phi) is 7.63. The van der Waals surface area contributed by atoms with Crippen molar-refractivity contribution < 1.29 is 29.7 Å². The number of carbonyl (C=O) groups is 3. The summed E-state index contributed by atoms with van der Waals surface area (Å²) >= 11 is 0. The zero-order valence-electron chi connectivity index (χ0n) is 19.0. The van der Waals surface area contributed by atoms with Crippen LogP contribution in [0.3, 0.4) is 0 Å². The van der Waals surface area contributed by atoms with Crippen LogP contribution in [0, 0.1) is 13.8 Å². The van der Waals surface area contributed by atoms with Crippen LogP contribution < -0.4 is 5.32 Å². The Bertz CT molecular complexity index is 1330. The van der Waals surface area contributed by atoms with Gasteiger partial charge < -0.3 is 20.6 Å². The summed E-state index contributed by atoms with van der Waals surface area (Å²) in [7, 11) is 0. The number of para-hydroxylation sites is 1. The summed E-state index contributed by atoms with van der Waals surface area (Å²) in [5.74, 6) is -2.94. The van der Waals surface area contributed by atoms with E-state index in [1.807, 2.05) is 61.5 Å². The smallest absolute Gasteiger partial charge is 0.341 e. The van der Waals surface area contributed by atoms with Crippen LogP contribution in [-0.4, -0.2) is 43.0 Å². The van der Waals surface area contributed by atoms with Gasteiger partial charge >= 0.3 is 17.9 Å². The Balaban J connectivity index is 0.000000225. The molecule has 9 heteroatoms. The van der Waals surface area contributed by atoms with Gasteiger partial charge in [-0.1, -0.05) is 35.9 Å². The molecule has 1 heterocycles. The summed E-state index contributed by atoms with van der Waals surface area (Å²) in [5, 5.41) is 34.0. The molecule has 9 nitrogen and oxygen atoms in total. The predicted molar refractivity (Wildman–Crippen MR) is 130 cm³/mol. The third kappa shape index (κ3) is 6.55. The molecule has 4 aromatic rings. The van der Waals surface area contributed by atoms with E-state index in [0.717, 1.165) is 23.0 Å². The summed E-state index contributed by atoms with van der Waals surface area (Å²) < 4.78 is 1.56. The van der Waals surface area contributed by atoms with Crippen molar-refractivity contribution in [2.24, 2.45) is 0 Å². The van der Waals surface area contributed by atoms with Crippen LogP contribution in [0.25, 0.3) is 5.69 Å². The van der Waals surface area contributed by atoms with E-state index in [-0.39, 0.29) is 16.7 Å². The topological polar surface area (TPSA) is 142 Å². The standard InChI is InChI=1S/C17H15N3O2.C9H8O4/c1-12-7-9-13(10-8-12)18-16-15(17(21)22)11-20(19-16)14-5-3-2-4-6-14;1-5-2-6(8(10)11)4-7(3-5)9(12)13/h2-11H,1H3,(H,18,19)(H,21,22);2-4H,1H3,(H,10,11)(H,12,13). The van der Waals surface area contributed by atoms with Crippen molar-refractivity contribution in [3.63, 3.8) is 0 Å². The van der Waals surface area contributed by atoms with Gasteiger partial charge in [-0.2, -0.15) is 0 Å². The molecule has 0 unspecified atom stereocenters. The highest BCUT2D eigenvalue weighted by molar-refractivity contribution is 5.94. The van der Waals surface area contributed by atoms with Crippen LogP contribution in [0.1, 0.15) is 42.2 Å². The largest absolute Gasteiger partial charge is 0.478 e. The fourth-order valence-electron chi connectivity index (χ4n) is 3.14. The van der Waals surface area contributed by atoms with Gasteiger partial charge in [-0.15, -0.1) is 5.10 Å². The average molecular weight is 473 g/mol. The minimum absolute atomic E-state index is 0.00241. The molecule has 0 aliphatic rings. The van der Waals surface area contributed by atoms with Gasteiger partial charge in [-0.3, -0.25) is 0 Å². The average Bonchev–Trinajstić information content (AvgIpc) is 3.25. The van der Waals surface area contributed by atoms with Crippen LogP contribution in [0.4, 0.5) is 11.5 Å². The summed E-state index contributed by atoms with van der Waals surface area (Å²) in [6.45, 7) is 3.65. The Morgan fingerprint density at radius 1 is 0.743 bits per heavy atom. The van der Waals surface area contributed by atoms with Gasteiger partial charge in [-0.05, 0) is 61.9 Å². The molecule has 1 aromatic heterocycles. The fraction of sp³-hybridized carbons (Fsp3) is 0.0769. The van der Waals surface area contributed by atoms with Gasteiger partial charge in [0.15, 0.2) is 5.82 Å². The fourth-order valence-corrected chi connectivity index (χ4v) is 3.14. The van der Waals surface area contributed by atoms with Crippen LogP contribution in [-0.2, 0) is 0 Å². The van der Waals surface area contributed by atoms with Crippen molar-refractivity contribution in [1.29, 1.82) is 0 Å². The van der Waals surface area contributed by atoms with Gasteiger partial charge in [0.05, 0.1) is 16.8 Å². The molecular formula is C26H23N3O6. The first-order valence-corrected chi connectivity index (χ1v) is 10.4. The van der Waals surface area contributed by atoms with E-state index in [1.54, 1.807) is 11.6 Å². The highest BCUT2D eigenvalue weighted by Crippen LogP contribution is 2.21. The number of carboxylic acid groups (broad SMARTS) is 3. The number of aromatic carboxylic acids is 3. The minimum Gasteiger partial charge on any atom is -0.478 e. The number of aryl methyl sites for hydroxylation is 2. The van der Waals surface area contributed by atoms with Crippen molar-refractivity contribution in [2.75, 3.05) is 5.32 Å². The van der Waals surface area contributed by atoms with Crippen molar-refractivity contribution in [2.45, 2.75) is 13.8 Å². The van der Waals surface area contributed by atoms with E-state index in [9.17, 15) is 19.5 Å². The molecule has 0 radical (unpaired) electrons. The second-order valence-corrected chi connectivity index (χ2v) is 7.67. The van der Waals surface area contributed by atoms with Crippen LogP contribution >= 0.6 is 0 Å². The Morgan fingerprint density at radius 3 is 1.83 bits per heavy atom. The molecule has 0 saturated heterocycles. The van der Waals surface area contributed by atoms with Gasteiger partial charge in [0.1, 0.15) is 5.56 Å². The Morgan fingerprint density at radius 2 is 1.31 bits per heavy atom. The maximum Gasteiger partial charge on any atom is 0.341 e. The zero-order chi connectivity index (χ0) is 25.5. The number of carboxylic acids is 3. The number of rotatable bonds is 6. The number of nitrogens with one attached hydrogen (secondary N) is 1. The number of anilines is 2. The molecule has 0 spiro atoms. The maximum atomic E-state index is 11.4. The Labute approximate surface area is 200 Å². The molecule has 4 rings (SSSR count). The molecule has 35 heavy (non-hydrogen) atoms. The normalized spacial score (nSPS) is 10.1. The first-order chi connectivity index (χ1) is 16.6. The lowest BCUT2D eigenvalue weighted by Gasteiger charge is -2.04. The van der Waals surface area contributed by atoms with E-state index < -0.39 is 17.9 Å². The molecule has 0 atom stereocenters. The van der Waals surface area contributed by atoms with Crippen molar-refractivity contribution in [3.8, 4) is 5.69 Å². The molecule has 0 saturated carbocycles. The summed E-state index contributed by atoms with van der Waals surface area (Å²) in [6.07, 6.45) is 1.51. The zero-order valence-corrected chi connectivity index (χ0v) is 19.0. The van der Waals surface area contributed by atoms with Crippen LogP contribution in [0.2, 0.25) is 0 Å². The lowest BCUT2D eigenvalue weighted by Crippen LogP contribution is -2.02. The quantitative estimate of drug-likeness (QED) is 0.306. The van der Waals surface area contributed by atoms with E-state index in [2.05, 4.69) is 10.4 Å². The van der Waals surface area contributed by atoms with Gasteiger partial charge in [0.25, 0.3) is 0 Å². The summed E-state index contributed by atoms with van der Waals surface area (Å²) in [5.41, 5.74) is 3.49. The molecule has 0 aliphatic carbocycles. The second kappa shape index (κ2) is 10.8. The molecule has 0 amide bonds. The lowest BCUT2D eigenvalue weighted by molar-refractivity contribution is 0.0682. The molecule has 3 aromatic carbocycles. The van der Waals surface area contributed by atoms with E-state index in [1.165, 1.54) is 18.3 Å². The minimum atomic E-state index is -1.12. The highest BCUT2D eigenvalue weighted by Gasteiger charge is 2.16. The summed E-state index contributed by atoms with van der Waals surface area (Å²) in [4.78, 5) is 32.5.